The van der Waals surface area contributed by atoms with E-state index in [4.69, 9.17) is 9.15 Å². The van der Waals surface area contributed by atoms with Crippen molar-refractivity contribution in [3.8, 4) is 0 Å². The van der Waals surface area contributed by atoms with Crippen LogP contribution in [0.25, 0.3) is 0 Å². The highest BCUT2D eigenvalue weighted by atomic mass is 32.2. The zero-order valence-corrected chi connectivity index (χ0v) is 16.3. The van der Waals surface area contributed by atoms with Crippen molar-refractivity contribution >= 4 is 23.5 Å². The maximum Gasteiger partial charge on any atom is 0.287 e. The van der Waals surface area contributed by atoms with Gasteiger partial charge in [-0.3, -0.25) is 4.79 Å². The number of ether oxygens (including phenoxy) is 1. The van der Waals surface area contributed by atoms with Gasteiger partial charge in [0.25, 0.3) is 5.91 Å². The number of aromatic nitrogens is 2. The lowest BCUT2D eigenvalue weighted by molar-refractivity contribution is 0.0922. The molecule has 0 bridgehead atoms. The van der Waals surface area contributed by atoms with Crippen LogP contribution in [0.15, 0.2) is 27.8 Å². The normalized spacial score (nSPS) is 17.1. The first kappa shape index (κ1) is 18.3. The maximum absolute atomic E-state index is 12.1. The molecule has 1 N–H and O–H groups in total. The Morgan fingerprint density at radius 1 is 1.30 bits per heavy atom. The number of furan rings is 1. The summed E-state index contributed by atoms with van der Waals surface area (Å²) in [6.07, 6.45) is 2.42. The van der Waals surface area contributed by atoms with Crippen LogP contribution in [0.3, 0.4) is 0 Å². The number of nitrogens with one attached hydrogen (secondary N) is 1. The van der Waals surface area contributed by atoms with Crippen LogP contribution in [0.4, 0.5) is 5.82 Å². The Morgan fingerprint density at radius 2 is 2.11 bits per heavy atom. The standard InChI is InChI=1S/C19H24N4O3S/c1-13-10-17(23-6-8-25-9-7-23)22-19(21-13)27-12-15-4-5-16(26-15)18(24)20-11-14-2-3-14/h4-5,10,14H,2-3,6-9,11-12H2,1H3,(H,20,24). The summed E-state index contributed by atoms with van der Waals surface area (Å²) in [4.78, 5) is 23.5. The molecule has 144 valence electrons. The zero-order valence-electron chi connectivity index (χ0n) is 15.4. The summed E-state index contributed by atoms with van der Waals surface area (Å²) in [5.41, 5.74) is 0.938. The average molecular weight is 388 g/mol. The van der Waals surface area contributed by atoms with Gasteiger partial charge in [0, 0.05) is 31.4 Å². The number of rotatable bonds is 7. The second kappa shape index (κ2) is 8.31. The zero-order chi connectivity index (χ0) is 18.6. The molecule has 1 saturated heterocycles. The molecule has 27 heavy (non-hydrogen) atoms. The number of carbonyl (C=O) groups excluding carboxylic acids is 1. The van der Waals surface area contributed by atoms with E-state index in [1.165, 1.54) is 24.6 Å². The van der Waals surface area contributed by atoms with Crippen molar-refractivity contribution in [1.82, 2.24) is 15.3 Å². The van der Waals surface area contributed by atoms with E-state index in [0.717, 1.165) is 50.1 Å². The highest BCUT2D eigenvalue weighted by Gasteiger charge is 2.22. The smallest absolute Gasteiger partial charge is 0.287 e. The number of carbonyl (C=O) groups is 1. The van der Waals surface area contributed by atoms with E-state index < -0.39 is 0 Å². The Hall–Kier alpha value is -2.06. The molecule has 8 heteroatoms. The predicted octanol–water partition coefficient (Wildman–Crippen LogP) is 2.65. The minimum absolute atomic E-state index is 0.139. The van der Waals surface area contributed by atoms with Gasteiger partial charge in [0.1, 0.15) is 11.6 Å². The van der Waals surface area contributed by atoms with E-state index >= 15 is 0 Å². The van der Waals surface area contributed by atoms with Crippen LogP contribution >= 0.6 is 11.8 Å². The first-order valence-electron chi connectivity index (χ1n) is 9.35. The number of morpholine rings is 1. The molecule has 1 saturated carbocycles. The lowest BCUT2D eigenvalue weighted by Gasteiger charge is -2.28. The molecule has 1 amide bonds. The summed E-state index contributed by atoms with van der Waals surface area (Å²) >= 11 is 1.51. The summed E-state index contributed by atoms with van der Waals surface area (Å²) in [5.74, 6) is 3.15. The van der Waals surface area contributed by atoms with Crippen LogP contribution < -0.4 is 10.2 Å². The Kier molecular flexibility index (Phi) is 5.63. The molecule has 0 spiro atoms. The maximum atomic E-state index is 12.1. The molecule has 0 aromatic carbocycles. The van der Waals surface area contributed by atoms with Crippen LogP contribution in [-0.4, -0.2) is 48.7 Å². The quantitative estimate of drug-likeness (QED) is 0.577. The molecule has 2 aliphatic rings. The SMILES string of the molecule is Cc1cc(N2CCOCC2)nc(SCc2ccc(C(=O)NCC3CC3)o2)n1. The van der Waals surface area contributed by atoms with E-state index in [2.05, 4.69) is 20.2 Å². The Morgan fingerprint density at radius 3 is 2.89 bits per heavy atom. The van der Waals surface area contributed by atoms with Gasteiger partial charge in [-0.25, -0.2) is 9.97 Å². The summed E-state index contributed by atoms with van der Waals surface area (Å²) < 4.78 is 11.1. The molecule has 4 rings (SSSR count). The third-order valence-corrected chi connectivity index (χ3v) is 5.50. The molecule has 1 aliphatic carbocycles. The Labute approximate surface area is 162 Å². The van der Waals surface area contributed by atoms with E-state index in [1.54, 1.807) is 6.07 Å². The van der Waals surface area contributed by atoms with Crippen molar-refractivity contribution < 1.29 is 13.9 Å². The van der Waals surface area contributed by atoms with Gasteiger partial charge in [0.15, 0.2) is 10.9 Å². The van der Waals surface area contributed by atoms with Gasteiger partial charge in [-0.15, -0.1) is 0 Å². The van der Waals surface area contributed by atoms with Crippen LogP contribution in [0.1, 0.15) is 34.9 Å². The van der Waals surface area contributed by atoms with Crippen LogP contribution in [-0.2, 0) is 10.5 Å². The first-order chi connectivity index (χ1) is 13.2. The Balaban J connectivity index is 1.35. The molecule has 0 atom stereocenters. The lowest BCUT2D eigenvalue weighted by atomic mass is 10.3. The van der Waals surface area contributed by atoms with Crippen molar-refractivity contribution in [2.45, 2.75) is 30.7 Å². The summed E-state index contributed by atoms with van der Waals surface area (Å²) in [7, 11) is 0. The fraction of sp³-hybridized carbons (Fsp3) is 0.526. The highest BCUT2D eigenvalue weighted by Crippen LogP contribution is 2.28. The molecule has 7 nitrogen and oxygen atoms in total. The van der Waals surface area contributed by atoms with Crippen molar-refractivity contribution in [2.24, 2.45) is 5.92 Å². The van der Waals surface area contributed by atoms with Gasteiger partial charge in [0.05, 0.1) is 19.0 Å². The third kappa shape index (κ3) is 5.01. The molecule has 2 aromatic rings. The van der Waals surface area contributed by atoms with Crippen molar-refractivity contribution in [1.29, 1.82) is 0 Å². The van der Waals surface area contributed by atoms with Crippen molar-refractivity contribution in [3.63, 3.8) is 0 Å². The van der Waals surface area contributed by atoms with Crippen LogP contribution in [0.5, 0.6) is 0 Å². The number of aryl methyl sites for hydroxylation is 1. The fourth-order valence-electron chi connectivity index (χ4n) is 2.90. The Bertz CT molecular complexity index is 800. The fourth-order valence-corrected chi connectivity index (χ4v) is 3.70. The van der Waals surface area contributed by atoms with E-state index in [-0.39, 0.29) is 5.91 Å². The molecular formula is C19H24N4O3S. The lowest BCUT2D eigenvalue weighted by Crippen LogP contribution is -2.36. The number of hydrogen-bond acceptors (Lipinski definition) is 7. The molecule has 3 heterocycles. The number of hydrogen-bond donors (Lipinski definition) is 1. The van der Waals surface area contributed by atoms with Gasteiger partial charge in [-0.2, -0.15) is 0 Å². The molecule has 0 unspecified atom stereocenters. The summed E-state index contributed by atoms with van der Waals surface area (Å²) in [6, 6.07) is 5.58. The number of amides is 1. The molecule has 1 aliphatic heterocycles. The van der Waals surface area contributed by atoms with E-state index in [0.29, 0.717) is 22.6 Å². The van der Waals surface area contributed by atoms with Gasteiger partial charge in [0.2, 0.25) is 0 Å². The minimum atomic E-state index is -0.139. The summed E-state index contributed by atoms with van der Waals surface area (Å²) in [6.45, 7) is 5.86. The van der Waals surface area contributed by atoms with Crippen molar-refractivity contribution in [3.05, 3.63) is 35.4 Å². The molecule has 2 aromatic heterocycles. The number of thioether (sulfide) groups is 1. The summed E-state index contributed by atoms with van der Waals surface area (Å²) in [5, 5.41) is 3.63. The molecule has 2 fully saturated rings. The number of anilines is 1. The monoisotopic (exact) mass is 388 g/mol. The predicted molar refractivity (Wildman–Crippen MR) is 103 cm³/mol. The van der Waals surface area contributed by atoms with Gasteiger partial charge in [-0.05, 0) is 37.8 Å². The highest BCUT2D eigenvalue weighted by molar-refractivity contribution is 7.98. The van der Waals surface area contributed by atoms with Gasteiger partial charge in [-0.1, -0.05) is 11.8 Å². The van der Waals surface area contributed by atoms with Crippen molar-refractivity contribution in [2.75, 3.05) is 37.7 Å². The van der Waals surface area contributed by atoms with E-state index in [1.807, 2.05) is 19.1 Å². The topological polar surface area (TPSA) is 80.5 Å². The average Bonchev–Trinajstić information content (AvgIpc) is 3.40. The number of nitrogens with zero attached hydrogens (tertiary/aromatic N) is 3. The molecule has 0 radical (unpaired) electrons. The largest absolute Gasteiger partial charge is 0.455 e. The second-order valence-electron chi connectivity index (χ2n) is 6.96. The third-order valence-electron chi connectivity index (χ3n) is 4.63. The van der Waals surface area contributed by atoms with Gasteiger partial charge >= 0.3 is 0 Å². The minimum Gasteiger partial charge on any atom is -0.455 e. The second-order valence-corrected chi connectivity index (χ2v) is 7.90. The van der Waals surface area contributed by atoms with E-state index in [9.17, 15) is 4.79 Å². The first-order valence-corrected chi connectivity index (χ1v) is 10.3. The molecular weight excluding hydrogens is 364 g/mol. The van der Waals surface area contributed by atoms with Crippen LogP contribution in [0, 0.1) is 12.8 Å². The van der Waals surface area contributed by atoms with Gasteiger partial charge < -0.3 is 19.4 Å². The van der Waals surface area contributed by atoms with Crippen LogP contribution in [0.2, 0.25) is 0 Å².